The van der Waals surface area contributed by atoms with Gasteiger partial charge in [-0.1, -0.05) is 6.42 Å². The molecule has 1 N–H and O–H groups in total. The number of hydrogen-bond donors (Lipinski definition) is 1. The molecule has 2 fully saturated rings. The van der Waals surface area contributed by atoms with Crippen LogP contribution in [0.2, 0.25) is 0 Å². The van der Waals surface area contributed by atoms with Gasteiger partial charge in [0, 0.05) is 6.54 Å². The summed E-state index contributed by atoms with van der Waals surface area (Å²) in [6.07, 6.45) is -2.16. The van der Waals surface area contributed by atoms with Gasteiger partial charge in [-0.25, -0.2) is 0 Å². The van der Waals surface area contributed by atoms with E-state index in [9.17, 15) is 18.0 Å². The summed E-state index contributed by atoms with van der Waals surface area (Å²) in [4.78, 5) is 12.6. The summed E-state index contributed by atoms with van der Waals surface area (Å²) in [5, 5.41) is 8.96. The van der Waals surface area contributed by atoms with E-state index in [1.54, 1.807) is 11.8 Å². The van der Waals surface area contributed by atoms with Crippen molar-refractivity contribution in [1.29, 1.82) is 0 Å². The Balaban J connectivity index is 2.13. The van der Waals surface area contributed by atoms with Crippen LogP contribution in [-0.2, 0) is 4.79 Å². The molecular formula is C12H18F3NO2. The minimum absolute atomic E-state index is 0.0289. The molecule has 0 radical (unpaired) electrons. The van der Waals surface area contributed by atoms with Gasteiger partial charge in [0.2, 0.25) is 0 Å². The van der Waals surface area contributed by atoms with Gasteiger partial charge in [0.15, 0.2) is 0 Å². The molecule has 0 aromatic carbocycles. The van der Waals surface area contributed by atoms with Gasteiger partial charge >= 0.3 is 12.1 Å². The highest BCUT2D eigenvalue weighted by molar-refractivity contribution is 5.72. The molecule has 0 bridgehead atoms. The maximum Gasteiger partial charge on any atom is 0.392 e. The zero-order valence-electron chi connectivity index (χ0n) is 10.3. The van der Waals surface area contributed by atoms with Gasteiger partial charge < -0.3 is 5.11 Å². The van der Waals surface area contributed by atoms with Crippen LogP contribution in [0, 0.1) is 11.3 Å². The largest absolute Gasteiger partial charge is 0.480 e. The molecule has 0 unspecified atom stereocenters. The van der Waals surface area contributed by atoms with E-state index in [0.29, 0.717) is 12.8 Å². The Morgan fingerprint density at radius 3 is 2.44 bits per heavy atom. The molecule has 0 amide bonds. The fraction of sp³-hybridized carbons (Fsp3) is 0.917. The average molecular weight is 265 g/mol. The van der Waals surface area contributed by atoms with Crippen molar-refractivity contribution in [3.8, 4) is 0 Å². The third-order valence-corrected chi connectivity index (χ3v) is 4.61. The topological polar surface area (TPSA) is 40.5 Å². The molecule has 1 aliphatic carbocycles. The molecule has 1 aliphatic heterocycles. The molecule has 2 rings (SSSR count). The number of aliphatic carboxylic acids is 1. The Morgan fingerprint density at radius 1 is 1.44 bits per heavy atom. The monoisotopic (exact) mass is 265 g/mol. The molecule has 1 saturated heterocycles. The molecule has 1 heterocycles. The summed E-state index contributed by atoms with van der Waals surface area (Å²) in [6, 6.07) is -0.698. The van der Waals surface area contributed by atoms with E-state index in [2.05, 4.69) is 0 Å². The van der Waals surface area contributed by atoms with Crippen LogP contribution >= 0.6 is 0 Å². The second-order valence-corrected chi connectivity index (χ2v) is 5.58. The van der Waals surface area contributed by atoms with Gasteiger partial charge in [-0.05, 0) is 38.1 Å². The number of hydrogen-bond acceptors (Lipinski definition) is 2. The number of nitrogens with zero attached hydrogens (tertiary/aromatic N) is 1. The molecule has 1 saturated carbocycles. The highest BCUT2D eigenvalue weighted by Crippen LogP contribution is 2.56. The van der Waals surface area contributed by atoms with Crippen LogP contribution < -0.4 is 0 Å². The summed E-state index contributed by atoms with van der Waals surface area (Å²) in [5.74, 6) is -2.22. The van der Waals surface area contributed by atoms with E-state index in [0.717, 1.165) is 6.42 Å². The van der Waals surface area contributed by atoms with Crippen molar-refractivity contribution >= 4 is 5.97 Å². The third kappa shape index (κ3) is 2.22. The number of likely N-dealkylation sites (tertiary alicyclic amines) is 1. The van der Waals surface area contributed by atoms with Crippen molar-refractivity contribution in [2.75, 3.05) is 13.1 Å². The lowest BCUT2D eigenvalue weighted by Gasteiger charge is -2.54. The van der Waals surface area contributed by atoms with E-state index in [1.165, 1.54) is 0 Å². The van der Waals surface area contributed by atoms with Crippen molar-refractivity contribution in [3.63, 3.8) is 0 Å². The lowest BCUT2D eigenvalue weighted by Crippen LogP contribution is -2.59. The SMILES string of the molecule is C[C@H](C(=O)O)N1CC[C@H](C(F)(F)F)C2(CCC2)C1. The molecule has 2 aliphatic rings. The van der Waals surface area contributed by atoms with Crippen molar-refractivity contribution in [3.05, 3.63) is 0 Å². The van der Waals surface area contributed by atoms with Crippen molar-refractivity contribution in [2.24, 2.45) is 11.3 Å². The maximum atomic E-state index is 13.0. The Bertz CT molecular complexity index is 339. The third-order valence-electron chi connectivity index (χ3n) is 4.61. The van der Waals surface area contributed by atoms with Crippen molar-refractivity contribution in [2.45, 2.75) is 44.8 Å². The van der Waals surface area contributed by atoms with Crippen LogP contribution in [0.5, 0.6) is 0 Å². The first-order valence-electron chi connectivity index (χ1n) is 6.30. The highest BCUT2D eigenvalue weighted by Gasteiger charge is 2.58. The molecule has 18 heavy (non-hydrogen) atoms. The molecule has 0 aromatic rings. The standard InChI is InChI=1S/C12H18F3NO2/c1-8(10(17)18)16-6-3-9(12(13,14)15)11(7-16)4-2-5-11/h8-9H,2-7H2,1H3,(H,17,18)/t8-,9+/m1/s1. The minimum atomic E-state index is -4.15. The van der Waals surface area contributed by atoms with Gasteiger partial charge in [0.1, 0.15) is 6.04 Å². The molecule has 104 valence electrons. The van der Waals surface area contributed by atoms with Gasteiger partial charge in [-0.3, -0.25) is 9.69 Å². The number of carboxylic acids is 1. The van der Waals surface area contributed by atoms with Gasteiger partial charge in [0.25, 0.3) is 0 Å². The van der Waals surface area contributed by atoms with E-state index in [-0.39, 0.29) is 19.5 Å². The van der Waals surface area contributed by atoms with Crippen molar-refractivity contribution < 1.29 is 23.1 Å². The quantitative estimate of drug-likeness (QED) is 0.834. The predicted molar refractivity (Wildman–Crippen MR) is 59.1 cm³/mol. The van der Waals surface area contributed by atoms with Gasteiger partial charge in [0.05, 0.1) is 5.92 Å². The second-order valence-electron chi connectivity index (χ2n) is 5.58. The number of alkyl halides is 3. The Hall–Kier alpha value is -0.780. The fourth-order valence-electron chi connectivity index (χ4n) is 3.33. The van der Waals surface area contributed by atoms with Crippen LogP contribution in [0.1, 0.15) is 32.6 Å². The average Bonchev–Trinajstić information content (AvgIpc) is 2.23. The minimum Gasteiger partial charge on any atom is -0.480 e. The first-order valence-corrected chi connectivity index (χ1v) is 6.30. The van der Waals surface area contributed by atoms with Gasteiger partial charge in [-0.2, -0.15) is 13.2 Å². The second kappa shape index (κ2) is 4.40. The van der Waals surface area contributed by atoms with Crippen LogP contribution in [0.15, 0.2) is 0 Å². The van der Waals surface area contributed by atoms with Crippen LogP contribution in [0.25, 0.3) is 0 Å². The Labute approximate surface area is 104 Å². The lowest BCUT2D eigenvalue weighted by molar-refractivity contribution is -0.239. The molecule has 1 spiro atoms. The van der Waals surface area contributed by atoms with E-state index >= 15 is 0 Å². The number of piperidine rings is 1. The predicted octanol–water partition coefficient (Wildman–Crippen LogP) is 2.51. The Kier molecular flexibility index (Phi) is 3.34. The normalized spacial score (nSPS) is 29.9. The molecule has 2 atom stereocenters. The Morgan fingerprint density at radius 2 is 2.06 bits per heavy atom. The van der Waals surface area contributed by atoms with Crippen LogP contribution in [-0.4, -0.2) is 41.3 Å². The zero-order chi connectivity index (χ0) is 13.6. The first-order chi connectivity index (χ1) is 8.26. The smallest absolute Gasteiger partial charge is 0.392 e. The maximum absolute atomic E-state index is 13.0. The first kappa shape index (κ1) is 13.6. The van der Waals surface area contributed by atoms with Crippen LogP contribution in [0.4, 0.5) is 13.2 Å². The van der Waals surface area contributed by atoms with E-state index in [1.807, 2.05) is 0 Å². The molecular weight excluding hydrogens is 247 g/mol. The van der Waals surface area contributed by atoms with Crippen molar-refractivity contribution in [1.82, 2.24) is 4.90 Å². The summed E-state index contributed by atoms with van der Waals surface area (Å²) in [7, 11) is 0. The molecule has 3 nitrogen and oxygen atoms in total. The summed E-state index contributed by atoms with van der Waals surface area (Å²) >= 11 is 0. The fourth-order valence-corrected chi connectivity index (χ4v) is 3.33. The van der Waals surface area contributed by atoms with E-state index in [4.69, 9.17) is 5.11 Å². The summed E-state index contributed by atoms with van der Waals surface area (Å²) in [5.41, 5.74) is -0.722. The number of carbonyl (C=O) groups is 1. The zero-order valence-corrected chi connectivity index (χ0v) is 10.3. The molecule has 0 aromatic heterocycles. The van der Waals surface area contributed by atoms with Crippen LogP contribution in [0.3, 0.4) is 0 Å². The summed E-state index contributed by atoms with van der Waals surface area (Å²) in [6.45, 7) is 2.03. The number of halogens is 3. The highest BCUT2D eigenvalue weighted by atomic mass is 19.4. The lowest BCUT2D eigenvalue weighted by atomic mass is 9.58. The molecule has 6 heteroatoms. The van der Waals surface area contributed by atoms with Gasteiger partial charge in [-0.15, -0.1) is 0 Å². The number of carboxylic acid groups (broad SMARTS) is 1. The van der Waals surface area contributed by atoms with E-state index < -0.39 is 29.5 Å². The summed E-state index contributed by atoms with van der Waals surface area (Å²) < 4.78 is 39.0. The number of rotatable bonds is 2.